The number of hydrogen-bond acceptors (Lipinski definition) is 3. The minimum absolute atomic E-state index is 0.00314. The lowest BCUT2D eigenvalue weighted by Gasteiger charge is -2.32. The van der Waals surface area contributed by atoms with Crippen LogP contribution in [0.4, 0.5) is 5.69 Å². The number of rotatable bonds is 4. The molecule has 5 nitrogen and oxygen atoms in total. The molecule has 148 valence electrons. The maximum Gasteiger partial charge on any atom is 0.253 e. The number of anilines is 1. The van der Waals surface area contributed by atoms with Gasteiger partial charge in [0.05, 0.1) is 11.4 Å². The van der Waals surface area contributed by atoms with Crippen LogP contribution in [0.5, 0.6) is 0 Å². The minimum Gasteiger partial charge on any atom is -0.339 e. The van der Waals surface area contributed by atoms with Crippen molar-refractivity contribution >= 4 is 21.6 Å². The molecule has 0 aromatic heterocycles. The van der Waals surface area contributed by atoms with E-state index in [4.69, 9.17) is 0 Å². The van der Waals surface area contributed by atoms with Gasteiger partial charge in [0.15, 0.2) is 0 Å². The zero-order valence-corrected chi connectivity index (χ0v) is 16.8. The van der Waals surface area contributed by atoms with Crippen molar-refractivity contribution in [3.05, 3.63) is 65.7 Å². The van der Waals surface area contributed by atoms with Gasteiger partial charge in [0.2, 0.25) is 10.0 Å². The molecule has 0 spiro atoms. The second-order valence-corrected chi connectivity index (χ2v) is 9.73. The number of hydrogen-bond donors (Lipinski definition) is 0. The van der Waals surface area contributed by atoms with Crippen LogP contribution in [0.15, 0.2) is 54.6 Å². The van der Waals surface area contributed by atoms with E-state index >= 15 is 0 Å². The van der Waals surface area contributed by atoms with E-state index in [0.717, 1.165) is 32.4 Å². The smallest absolute Gasteiger partial charge is 0.253 e. The van der Waals surface area contributed by atoms with Crippen molar-refractivity contribution in [1.29, 1.82) is 0 Å². The van der Waals surface area contributed by atoms with Crippen molar-refractivity contribution in [1.82, 2.24) is 4.90 Å². The standard InChI is InChI=1S/C22H26N2O3S/c25-22(20-8-4-9-21(17-20)24-12-5-15-28(24,26)27)23-13-10-19(11-14-23)16-18-6-2-1-3-7-18/h1-4,6-9,17,19H,5,10-16H2. The Morgan fingerprint density at radius 3 is 2.39 bits per heavy atom. The third-order valence-electron chi connectivity index (χ3n) is 5.75. The van der Waals surface area contributed by atoms with Crippen LogP contribution in [0, 0.1) is 5.92 Å². The summed E-state index contributed by atoms with van der Waals surface area (Å²) in [5.74, 6) is 0.782. The third kappa shape index (κ3) is 4.07. The van der Waals surface area contributed by atoms with Crippen LogP contribution in [0.1, 0.15) is 35.2 Å². The van der Waals surface area contributed by atoms with Gasteiger partial charge < -0.3 is 4.90 Å². The number of carbonyl (C=O) groups excluding carboxylic acids is 1. The van der Waals surface area contributed by atoms with E-state index < -0.39 is 10.0 Å². The van der Waals surface area contributed by atoms with Crippen LogP contribution in [0.2, 0.25) is 0 Å². The molecule has 0 N–H and O–H groups in total. The van der Waals surface area contributed by atoms with Gasteiger partial charge in [-0.25, -0.2) is 8.42 Å². The molecule has 0 atom stereocenters. The van der Waals surface area contributed by atoms with E-state index in [0.29, 0.717) is 30.1 Å². The van der Waals surface area contributed by atoms with Crippen LogP contribution in [0.3, 0.4) is 0 Å². The average molecular weight is 399 g/mol. The van der Waals surface area contributed by atoms with Crippen LogP contribution in [0.25, 0.3) is 0 Å². The molecule has 28 heavy (non-hydrogen) atoms. The third-order valence-corrected chi connectivity index (χ3v) is 7.62. The molecular weight excluding hydrogens is 372 g/mol. The van der Waals surface area contributed by atoms with Gasteiger partial charge in [-0.15, -0.1) is 0 Å². The number of carbonyl (C=O) groups is 1. The Hall–Kier alpha value is -2.34. The predicted octanol–water partition coefficient (Wildman–Crippen LogP) is 3.32. The van der Waals surface area contributed by atoms with Gasteiger partial charge in [-0.05, 0) is 55.4 Å². The topological polar surface area (TPSA) is 57.7 Å². The van der Waals surface area contributed by atoms with Crippen molar-refractivity contribution in [2.45, 2.75) is 25.7 Å². The summed E-state index contributed by atoms with van der Waals surface area (Å²) >= 11 is 0. The zero-order valence-electron chi connectivity index (χ0n) is 16.0. The van der Waals surface area contributed by atoms with Gasteiger partial charge in [-0.2, -0.15) is 0 Å². The lowest BCUT2D eigenvalue weighted by Crippen LogP contribution is -2.39. The number of nitrogens with zero attached hydrogens (tertiary/aromatic N) is 2. The Labute approximate surface area is 167 Å². The Morgan fingerprint density at radius 2 is 1.71 bits per heavy atom. The normalized spacial score (nSPS) is 19.7. The first kappa shape index (κ1) is 19.0. The molecule has 1 amide bonds. The highest BCUT2D eigenvalue weighted by molar-refractivity contribution is 7.93. The summed E-state index contributed by atoms with van der Waals surface area (Å²) in [6.45, 7) is 2.00. The molecule has 2 fully saturated rings. The van der Waals surface area contributed by atoms with E-state index in [1.165, 1.54) is 9.87 Å². The molecule has 2 saturated heterocycles. The van der Waals surface area contributed by atoms with Gasteiger partial charge in [0.25, 0.3) is 5.91 Å². The monoisotopic (exact) mass is 398 g/mol. The highest BCUT2D eigenvalue weighted by atomic mass is 32.2. The summed E-state index contributed by atoms with van der Waals surface area (Å²) in [5, 5.41) is 0. The zero-order chi connectivity index (χ0) is 19.6. The van der Waals surface area contributed by atoms with E-state index in [9.17, 15) is 13.2 Å². The fourth-order valence-corrected chi connectivity index (χ4v) is 5.75. The average Bonchev–Trinajstić information content (AvgIpc) is 3.08. The predicted molar refractivity (Wildman–Crippen MR) is 111 cm³/mol. The second-order valence-electron chi connectivity index (χ2n) is 7.72. The Kier molecular flexibility index (Phi) is 5.40. The van der Waals surface area contributed by atoms with Gasteiger partial charge in [0, 0.05) is 25.2 Å². The molecule has 0 unspecified atom stereocenters. The van der Waals surface area contributed by atoms with Crippen LogP contribution < -0.4 is 4.31 Å². The minimum atomic E-state index is -3.24. The van der Waals surface area contributed by atoms with Gasteiger partial charge in [-0.1, -0.05) is 36.4 Å². The summed E-state index contributed by atoms with van der Waals surface area (Å²) in [5.41, 5.74) is 2.52. The first-order chi connectivity index (χ1) is 13.5. The molecule has 4 rings (SSSR count). The van der Waals surface area contributed by atoms with E-state index in [-0.39, 0.29) is 11.7 Å². The van der Waals surface area contributed by atoms with Crippen LogP contribution in [-0.4, -0.2) is 44.6 Å². The van der Waals surface area contributed by atoms with Crippen molar-refractivity contribution in [3.8, 4) is 0 Å². The van der Waals surface area contributed by atoms with Crippen LogP contribution in [-0.2, 0) is 16.4 Å². The number of benzene rings is 2. The lowest BCUT2D eigenvalue weighted by atomic mass is 9.90. The Bertz CT molecular complexity index is 935. The van der Waals surface area contributed by atoms with E-state index in [1.54, 1.807) is 24.3 Å². The maximum atomic E-state index is 13.0. The Morgan fingerprint density at radius 1 is 0.964 bits per heavy atom. The number of likely N-dealkylation sites (tertiary alicyclic amines) is 1. The summed E-state index contributed by atoms with van der Waals surface area (Å²) in [7, 11) is -3.24. The fraction of sp³-hybridized carbons (Fsp3) is 0.409. The summed E-state index contributed by atoms with van der Waals surface area (Å²) in [6.07, 6.45) is 3.70. The maximum absolute atomic E-state index is 13.0. The highest BCUT2D eigenvalue weighted by Crippen LogP contribution is 2.27. The molecule has 2 heterocycles. The number of amides is 1. The quantitative estimate of drug-likeness (QED) is 0.794. The van der Waals surface area contributed by atoms with Crippen molar-refractivity contribution in [3.63, 3.8) is 0 Å². The number of sulfonamides is 1. The summed E-state index contributed by atoms with van der Waals surface area (Å²) in [4.78, 5) is 14.9. The molecule has 0 bridgehead atoms. The van der Waals surface area contributed by atoms with Crippen LogP contribution >= 0.6 is 0 Å². The molecule has 2 aliphatic heterocycles. The lowest BCUT2D eigenvalue weighted by molar-refractivity contribution is 0.0690. The molecule has 0 radical (unpaired) electrons. The summed E-state index contributed by atoms with van der Waals surface area (Å²) in [6, 6.07) is 17.6. The van der Waals surface area contributed by atoms with Gasteiger partial charge in [0.1, 0.15) is 0 Å². The first-order valence-electron chi connectivity index (χ1n) is 9.96. The molecule has 6 heteroatoms. The first-order valence-corrected chi connectivity index (χ1v) is 11.6. The van der Waals surface area contributed by atoms with Crippen molar-refractivity contribution in [2.24, 2.45) is 5.92 Å². The van der Waals surface area contributed by atoms with E-state index in [2.05, 4.69) is 24.3 Å². The molecule has 0 aliphatic carbocycles. The molecule has 2 aromatic rings. The van der Waals surface area contributed by atoms with Crippen molar-refractivity contribution < 1.29 is 13.2 Å². The SMILES string of the molecule is O=C(c1cccc(N2CCCS2(=O)=O)c1)N1CCC(Cc2ccccc2)CC1. The van der Waals surface area contributed by atoms with Gasteiger partial charge in [-0.3, -0.25) is 9.10 Å². The summed E-state index contributed by atoms with van der Waals surface area (Å²) < 4.78 is 25.7. The molecule has 2 aliphatic rings. The molecule has 2 aromatic carbocycles. The fourth-order valence-electron chi connectivity index (χ4n) is 4.19. The van der Waals surface area contributed by atoms with E-state index in [1.807, 2.05) is 11.0 Å². The largest absolute Gasteiger partial charge is 0.339 e. The molecule has 0 saturated carbocycles. The molecular formula is C22H26N2O3S. The van der Waals surface area contributed by atoms with Gasteiger partial charge >= 0.3 is 0 Å². The number of piperidine rings is 1. The van der Waals surface area contributed by atoms with Crippen molar-refractivity contribution in [2.75, 3.05) is 29.7 Å². The highest BCUT2D eigenvalue weighted by Gasteiger charge is 2.29. The Balaban J connectivity index is 1.40. The second kappa shape index (κ2) is 7.95.